The predicted molar refractivity (Wildman–Crippen MR) is 151 cm³/mol. The number of carbonyl (C=O) groups is 1. The lowest BCUT2D eigenvalue weighted by atomic mass is 9.98. The third-order valence-electron chi connectivity index (χ3n) is 6.88. The second-order valence-electron chi connectivity index (χ2n) is 9.96. The Labute approximate surface area is 221 Å². The Morgan fingerprint density at radius 2 is 1.92 bits per heavy atom. The normalized spacial score (nSPS) is 15.1. The van der Waals surface area contributed by atoms with Crippen molar-refractivity contribution in [2.24, 2.45) is 5.92 Å². The van der Waals surface area contributed by atoms with Crippen LogP contribution in [-0.2, 0) is 6.54 Å². The lowest BCUT2D eigenvalue weighted by Gasteiger charge is -2.20. The van der Waals surface area contributed by atoms with Gasteiger partial charge in [-0.3, -0.25) is 14.2 Å². The molecule has 1 N–H and O–H groups in total. The minimum atomic E-state index is -0.379. The van der Waals surface area contributed by atoms with Crippen molar-refractivity contribution in [1.82, 2.24) is 14.3 Å². The number of allylic oxidation sites excluding steroid dienone is 4. The molecule has 1 aliphatic rings. The maximum Gasteiger partial charge on any atom is 0.276 e. The molecule has 2 heterocycles. The Morgan fingerprint density at radius 1 is 1.16 bits per heavy atom. The third kappa shape index (κ3) is 4.60. The van der Waals surface area contributed by atoms with E-state index < -0.39 is 0 Å². The highest BCUT2D eigenvalue weighted by Crippen LogP contribution is 2.37. The molecular weight excluding hydrogens is 479 g/mol. The highest BCUT2D eigenvalue weighted by atomic mass is 19.1. The number of aromatic nitrogens is 3. The molecular formula is C31H31FN4O2. The number of rotatable bonds is 6. The van der Waals surface area contributed by atoms with Crippen LogP contribution in [0.15, 0.2) is 71.6 Å². The summed E-state index contributed by atoms with van der Waals surface area (Å²) in [4.78, 5) is 27.6. The summed E-state index contributed by atoms with van der Waals surface area (Å²) < 4.78 is 17.5. The van der Waals surface area contributed by atoms with E-state index in [1.807, 2.05) is 49.7 Å². The summed E-state index contributed by atoms with van der Waals surface area (Å²) >= 11 is 0. The summed E-state index contributed by atoms with van der Waals surface area (Å²) in [5, 5.41) is 8.57. The number of hydrogen-bond donors (Lipinski definition) is 1. The van der Waals surface area contributed by atoms with Crippen LogP contribution in [0, 0.1) is 25.6 Å². The van der Waals surface area contributed by atoms with Crippen LogP contribution in [0.5, 0.6) is 0 Å². The second kappa shape index (κ2) is 10.2. The number of benzene rings is 2. The van der Waals surface area contributed by atoms with Crippen LogP contribution in [0.4, 0.5) is 10.1 Å². The summed E-state index contributed by atoms with van der Waals surface area (Å²) in [7, 11) is 0. The summed E-state index contributed by atoms with van der Waals surface area (Å²) in [5.41, 5.74) is 4.80. The van der Waals surface area contributed by atoms with E-state index in [0.717, 1.165) is 35.2 Å². The number of anilines is 1. The van der Waals surface area contributed by atoms with Crippen LogP contribution < -0.4 is 10.9 Å². The van der Waals surface area contributed by atoms with Gasteiger partial charge in [0.05, 0.1) is 11.1 Å². The van der Waals surface area contributed by atoms with E-state index in [-0.39, 0.29) is 23.0 Å². The lowest BCUT2D eigenvalue weighted by Crippen LogP contribution is -2.28. The zero-order valence-electron chi connectivity index (χ0n) is 22.1. The molecule has 0 spiro atoms. The average molecular weight is 511 g/mol. The van der Waals surface area contributed by atoms with Gasteiger partial charge < -0.3 is 5.32 Å². The number of nitrogens with one attached hydrogen (secondary N) is 1. The Kier molecular flexibility index (Phi) is 6.85. The maximum atomic E-state index is 14.2. The van der Waals surface area contributed by atoms with Gasteiger partial charge in [-0.05, 0) is 68.5 Å². The Hall–Kier alpha value is -4.26. The largest absolute Gasteiger partial charge is 0.317 e. The first-order valence-electron chi connectivity index (χ1n) is 13.0. The molecule has 194 valence electrons. The van der Waals surface area contributed by atoms with Crippen LogP contribution in [-0.4, -0.2) is 20.3 Å². The SMILES string of the molecule is CCCn1c(=O)c(NC(=O)c2cccc(C)c2)c(-c2ccc(F)cc2)c2c(C)nn(C3=CC=CC(C)C3)c21. The van der Waals surface area contributed by atoms with Gasteiger partial charge in [-0.1, -0.05) is 55.8 Å². The molecule has 0 radical (unpaired) electrons. The number of hydrogen-bond acceptors (Lipinski definition) is 3. The Bertz CT molecular complexity index is 1660. The lowest BCUT2D eigenvalue weighted by molar-refractivity contribution is 0.102. The number of fused-ring (bicyclic) bond motifs is 1. The fourth-order valence-corrected chi connectivity index (χ4v) is 5.12. The van der Waals surface area contributed by atoms with Gasteiger partial charge in [-0.2, -0.15) is 5.10 Å². The predicted octanol–water partition coefficient (Wildman–Crippen LogP) is 6.72. The molecule has 6 nitrogen and oxygen atoms in total. The minimum Gasteiger partial charge on any atom is -0.317 e. The summed E-state index contributed by atoms with van der Waals surface area (Å²) in [6, 6.07) is 13.2. The molecule has 5 rings (SSSR count). The second-order valence-corrected chi connectivity index (χ2v) is 9.96. The molecule has 1 atom stereocenters. The van der Waals surface area contributed by atoms with Crippen molar-refractivity contribution in [2.45, 2.75) is 47.1 Å². The smallest absolute Gasteiger partial charge is 0.276 e. The number of aryl methyl sites for hydroxylation is 3. The van der Waals surface area contributed by atoms with Crippen LogP contribution in [0.1, 0.15) is 48.3 Å². The fourth-order valence-electron chi connectivity index (χ4n) is 5.12. The van der Waals surface area contributed by atoms with E-state index in [9.17, 15) is 14.0 Å². The Balaban J connectivity index is 1.83. The van der Waals surface area contributed by atoms with E-state index in [1.54, 1.807) is 28.8 Å². The van der Waals surface area contributed by atoms with Gasteiger partial charge in [0, 0.05) is 23.4 Å². The quantitative estimate of drug-likeness (QED) is 0.313. The van der Waals surface area contributed by atoms with Gasteiger partial charge in [0.1, 0.15) is 17.2 Å². The van der Waals surface area contributed by atoms with Crippen molar-refractivity contribution in [1.29, 1.82) is 0 Å². The number of halogens is 1. The standard InChI is InChI=1S/C31H31FN4O2/c1-5-16-35-30-26(21(4)34-36(30)25-11-7-9-20(3)18-25)27(22-12-14-24(32)15-13-22)28(31(35)38)33-29(37)23-10-6-8-19(2)17-23/h6-15,17,20H,5,16,18H2,1-4H3,(H,33,37). The van der Waals surface area contributed by atoms with Crippen molar-refractivity contribution in [3.05, 3.63) is 99.8 Å². The minimum absolute atomic E-state index is 0.164. The van der Waals surface area contributed by atoms with Crippen molar-refractivity contribution in [2.75, 3.05) is 5.32 Å². The topological polar surface area (TPSA) is 68.9 Å². The number of amides is 1. The molecule has 2 aromatic carbocycles. The molecule has 1 unspecified atom stereocenters. The van der Waals surface area contributed by atoms with Crippen LogP contribution >= 0.6 is 0 Å². The third-order valence-corrected chi connectivity index (χ3v) is 6.88. The van der Waals surface area contributed by atoms with Crippen molar-refractivity contribution >= 4 is 28.3 Å². The molecule has 1 aliphatic carbocycles. The van der Waals surface area contributed by atoms with Gasteiger partial charge in [-0.25, -0.2) is 9.07 Å². The van der Waals surface area contributed by atoms with Gasteiger partial charge in [0.25, 0.3) is 11.5 Å². The van der Waals surface area contributed by atoms with E-state index in [4.69, 9.17) is 5.10 Å². The molecule has 1 amide bonds. The monoisotopic (exact) mass is 510 g/mol. The molecule has 7 heteroatoms. The average Bonchev–Trinajstić information content (AvgIpc) is 3.24. The van der Waals surface area contributed by atoms with Crippen LogP contribution in [0.25, 0.3) is 27.9 Å². The molecule has 0 fully saturated rings. The van der Waals surface area contributed by atoms with Gasteiger partial charge in [-0.15, -0.1) is 0 Å². The highest BCUT2D eigenvalue weighted by molar-refractivity contribution is 6.10. The first-order chi connectivity index (χ1) is 18.3. The number of pyridine rings is 1. The van der Waals surface area contributed by atoms with Crippen molar-refractivity contribution in [3.8, 4) is 11.1 Å². The number of nitrogens with zero attached hydrogens (tertiary/aromatic N) is 3. The van der Waals surface area contributed by atoms with Gasteiger partial charge in [0.15, 0.2) is 0 Å². The van der Waals surface area contributed by atoms with E-state index in [1.165, 1.54) is 12.1 Å². The van der Waals surface area contributed by atoms with Crippen molar-refractivity contribution < 1.29 is 9.18 Å². The fraction of sp³-hybridized carbons (Fsp3) is 0.258. The maximum absolute atomic E-state index is 14.2. The highest BCUT2D eigenvalue weighted by Gasteiger charge is 2.26. The first kappa shape index (κ1) is 25.4. The van der Waals surface area contributed by atoms with Crippen LogP contribution in [0.2, 0.25) is 0 Å². The summed E-state index contributed by atoms with van der Waals surface area (Å²) in [5.74, 6) is -0.420. The molecule has 38 heavy (non-hydrogen) atoms. The van der Waals surface area contributed by atoms with Gasteiger partial charge in [0.2, 0.25) is 0 Å². The zero-order chi connectivity index (χ0) is 27.0. The van der Waals surface area contributed by atoms with Crippen LogP contribution in [0.3, 0.4) is 0 Å². The van der Waals surface area contributed by atoms with E-state index >= 15 is 0 Å². The van der Waals surface area contributed by atoms with E-state index in [2.05, 4.69) is 18.3 Å². The molecule has 2 aromatic heterocycles. The van der Waals surface area contributed by atoms with Crippen molar-refractivity contribution in [3.63, 3.8) is 0 Å². The van der Waals surface area contributed by atoms with Gasteiger partial charge >= 0.3 is 0 Å². The first-order valence-corrected chi connectivity index (χ1v) is 13.0. The summed E-state index contributed by atoms with van der Waals surface area (Å²) in [6.07, 6.45) is 7.69. The Morgan fingerprint density at radius 3 is 2.61 bits per heavy atom. The van der Waals surface area contributed by atoms with E-state index in [0.29, 0.717) is 34.8 Å². The number of carbonyl (C=O) groups excluding carboxylic acids is 1. The zero-order valence-corrected chi connectivity index (χ0v) is 22.1. The molecule has 0 aliphatic heterocycles. The summed E-state index contributed by atoms with van der Waals surface area (Å²) in [6.45, 7) is 8.42. The molecule has 0 saturated heterocycles. The molecule has 4 aromatic rings. The molecule has 0 saturated carbocycles. The molecule has 0 bridgehead atoms.